The van der Waals surface area contributed by atoms with Gasteiger partial charge in [-0.05, 0) is 48.8 Å². The molecule has 2 rings (SSSR count). The number of hydrogen-bond donors (Lipinski definition) is 3. The highest BCUT2D eigenvalue weighted by molar-refractivity contribution is 7.80. The van der Waals surface area contributed by atoms with E-state index in [4.69, 9.17) is 12.2 Å². The number of aromatic nitrogens is 1. The maximum absolute atomic E-state index is 12.0. The van der Waals surface area contributed by atoms with Crippen molar-refractivity contribution in [1.29, 1.82) is 0 Å². The van der Waals surface area contributed by atoms with Gasteiger partial charge in [-0.2, -0.15) is 0 Å². The van der Waals surface area contributed by atoms with Crippen LogP contribution in [0.1, 0.15) is 42.1 Å². The highest BCUT2D eigenvalue weighted by Gasteiger charge is 2.08. The van der Waals surface area contributed by atoms with Gasteiger partial charge in [0.1, 0.15) is 0 Å². The number of carbonyl (C=O) groups excluding carboxylic acids is 1. The van der Waals surface area contributed by atoms with E-state index in [9.17, 15) is 9.59 Å². The lowest BCUT2D eigenvalue weighted by atomic mass is 10.1. The maximum Gasteiger partial charge on any atom is 0.258 e. The standard InChI is InChI=1S/C18H21N3O2S/c1-2-3-4-5-13-6-9-15(10-7-13)20-18(24)21-17(23)14-8-11-16(22)19-12-14/h6-12H,2-5H2,1H3,(H,19,22)(H2,20,21,23,24). The fraction of sp³-hybridized carbons (Fsp3) is 0.278. The van der Waals surface area contributed by atoms with Gasteiger partial charge < -0.3 is 10.3 Å². The van der Waals surface area contributed by atoms with Crippen LogP contribution < -0.4 is 16.2 Å². The normalized spacial score (nSPS) is 10.2. The molecule has 24 heavy (non-hydrogen) atoms. The zero-order chi connectivity index (χ0) is 17.4. The molecule has 1 amide bonds. The lowest BCUT2D eigenvalue weighted by Crippen LogP contribution is -2.34. The molecule has 0 bridgehead atoms. The summed E-state index contributed by atoms with van der Waals surface area (Å²) in [5.41, 5.74) is 2.19. The van der Waals surface area contributed by atoms with Crippen molar-refractivity contribution in [1.82, 2.24) is 10.3 Å². The summed E-state index contributed by atoms with van der Waals surface area (Å²) >= 11 is 5.14. The van der Waals surface area contributed by atoms with Gasteiger partial charge in [0.2, 0.25) is 5.56 Å². The van der Waals surface area contributed by atoms with Gasteiger partial charge in [0.15, 0.2) is 5.11 Å². The lowest BCUT2D eigenvalue weighted by Gasteiger charge is -2.10. The Kier molecular flexibility index (Phi) is 6.69. The monoisotopic (exact) mass is 343 g/mol. The topological polar surface area (TPSA) is 74.0 Å². The van der Waals surface area contributed by atoms with Gasteiger partial charge in [0.05, 0.1) is 5.56 Å². The molecule has 0 aliphatic rings. The van der Waals surface area contributed by atoms with Crippen LogP contribution in [0.4, 0.5) is 5.69 Å². The molecule has 0 saturated heterocycles. The van der Waals surface area contributed by atoms with Crippen LogP contribution in [-0.4, -0.2) is 16.0 Å². The first-order valence-electron chi connectivity index (χ1n) is 7.98. The van der Waals surface area contributed by atoms with E-state index < -0.39 is 0 Å². The van der Waals surface area contributed by atoms with E-state index in [2.05, 4.69) is 34.7 Å². The Balaban J connectivity index is 1.86. The summed E-state index contributed by atoms with van der Waals surface area (Å²) in [4.78, 5) is 25.4. The Morgan fingerprint density at radius 1 is 1.12 bits per heavy atom. The lowest BCUT2D eigenvalue weighted by molar-refractivity contribution is 0.0977. The van der Waals surface area contributed by atoms with E-state index >= 15 is 0 Å². The van der Waals surface area contributed by atoms with Crippen LogP contribution in [0.5, 0.6) is 0 Å². The highest BCUT2D eigenvalue weighted by Crippen LogP contribution is 2.12. The minimum Gasteiger partial charge on any atom is -0.332 e. The molecule has 2 aromatic rings. The second kappa shape index (κ2) is 8.98. The Morgan fingerprint density at radius 2 is 1.88 bits per heavy atom. The van der Waals surface area contributed by atoms with Crippen LogP contribution in [0.25, 0.3) is 0 Å². The largest absolute Gasteiger partial charge is 0.332 e. The highest BCUT2D eigenvalue weighted by atomic mass is 32.1. The van der Waals surface area contributed by atoms with Crippen LogP contribution in [0.3, 0.4) is 0 Å². The van der Waals surface area contributed by atoms with Crippen molar-refractivity contribution < 1.29 is 4.79 Å². The van der Waals surface area contributed by atoms with Gasteiger partial charge in [-0.25, -0.2) is 0 Å². The van der Waals surface area contributed by atoms with E-state index in [1.807, 2.05) is 12.1 Å². The average Bonchev–Trinajstić information content (AvgIpc) is 2.57. The van der Waals surface area contributed by atoms with E-state index in [0.29, 0.717) is 5.56 Å². The molecule has 1 heterocycles. The summed E-state index contributed by atoms with van der Waals surface area (Å²) in [6.07, 6.45) is 6.06. The molecule has 0 atom stereocenters. The first-order valence-corrected chi connectivity index (χ1v) is 8.39. The quantitative estimate of drug-likeness (QED) is 0.556. The van der Waals surface area contributed by atoms with Gasteiger partial charge in [0.25, 0.3) is 5.91 Å². The molecule has 0 radical (unpaired) electrons. The van der Waals surface area contributed by atoms with Crippen molar-refractivity contribution in [2.45, 2.75) is 32.6 Å². The summed E-state index contributed by atoms with van der Waals surface area (Å²) < 4.78 is 0. The Bertz CT molecular complexity index is 733. The summed E-state index contributed by atoms with van der Waals surface area (Å²) in [7, 11) is 0. The van der Waals surface area contributed by atoms with Crippen LogP contribution in [-0.2, 0) is 6.42 Å². The van der Waals surface area contributed by atoms with Crippen molar-refractivity contribution in [2.24, 2.45) is 0 Å². The Hall–Kier alpha value is -2.47. The summed E-state index contributed by atoms with van der Waals surface area (Å²) in [6.45, 7) is 2.19. The maximum atomic E-state index is 12.0. The zero-order valence-electron chi connectivity index (χ0n) is 13.6. The van der Waals surface area contributed by atoms with Gasteiger partial charge in [-0.1, -0.05) is 31.9 Å². The van der Waals surface area contributed by atoms with E-state index in [-0.39, 0.29) is 16.6 Å². The van der Waals surface area contributed by atoms with Crippen LogP contribution >= 0.6 is 12.2 Å². The average molecular weight is 343 g/mol. The summed E-state index contributed by atoms with van der Waals surface area (Å²) in [5.74, 6) is -0.375. The Labute approximate surface area is 146 Å². The fourth-order valence-corrected chi connectivity index (χ4v) is 2.43. The molecule has 3 N–H and O–H groups in total. The number of nitrogens with one attached hydrogen (secondary N) is 3. The van der Waals surface area contributed by atoms with Crippen molar-refractivity contribution in [3.05, 3.63) is 64.1 Å². The van der Waals surface area contributed by atoms with Crippen LogP contribution in [0, 0.1) is 0 Å². The first kappa shape index (κ1) is 17.9. The number of aromatic amines is 1. The minimum atomic E-state index is -0.375. The number of rotatable bonds is 6. The number of carbonyl (C=O) groups is 1. The van der Waals surface area contributed by atoms with Crippen molar-refractivity contribution >= 4 is 28.9 Å². The molecule has 6 heteroatoms. The smallest absolute Gasteiger partial charge is 0.258 e. The van der Waals surface area contributed by atoms with Crippen molar-refractivity contribution in [3.63, 3.8) is 0 Å². The number of hydrogen-bond acceptors (Lipinski definition) is 3. The van der Waals surface area contributed by atoms with Gasteiger partial charge in [-0.3, -0.25) is 14.9 Å². The number of benzene rings is 1. The van der Waals surface area contributed by atoms with Crippen LogP contribution in [0.15, 0.2) is 47.4 Å². The number of thiocarbonyl (C=S) groups is 1. The molecule has 0 aliphatic carbocycles. The molecule has 126 valence electrons. The summed E-state index contributed by atoms with van der Waals surface area (Å²) in [5, 5.41) is 5.77. The molecule has 0 saturated carbocycles. The number of amides is 1. The molecule has 0 spiro atoms. The molecule has 1 aromatic heterocycles. The molecule has 0 aliphatic heterocycles. The van der Waals surface area contributed by atoms with Crippen LogP contribution in [0.2, 0.25) is 0 Å². The number of unbranched alkanes of at least 4 members (excludes halogenated alkanes) is 2. The molecular formula is C18H21N3O2S. The third-order valence-corrected chi connectivity index (χ3v) is 3.76. The van der Waals surface area contributed by atoms with Gasteiger partial charge in [-0.15, -0.1) is 0 Å². The molecule has 0 unspecified atom stereocenters. The zero-order valence-corrected chi connectivity index (χ0v) is 14.4. The second-order valence-electron chi connectivity index (χ2n) is 5.50. The number of pyridine rings is 1. The van der Waals surface area contributed by atoms with E-state index in [1.165, 1.54) is 43.2 Å². The number of aryl methyl sites for hydroxylation is 1. The predicted molar refractivity (Wildman–Crippen MR) is 100 cm³/mol. The third-order valence-electron chi connectivity index (χ3n) is 3.55. The predicted octanol–water partition coefficient (Wildman–Crippen LogP) is 3.23. The van der Waals surface area contributed by atoms with Gasteiger partial charge >= 0.3 is 0 Å². The number of anilines is 1. The van der Waals surface area contributed by atoms with E-state index in [1.54, 1.807) is 0 Å². The van der Waals surface area contributed by atoms with E-state index in [0.717, 1.165) is 12.1 Å². The second-order valence-corrected chi connectivity index (χ2v) is 5.91. The fourth-order valence-electron chi connectivity index (χ4n) is 2.22. The van der Waals surface area contributed by atoms with Crippen molar-refractivity contribution in [3.8, 4) is 0 Å². The van der Waals surface area contributed by atoms with Gasteiger partial charge in [0, 0.05) is 18.0 Å². The SMILES string of the molecule is CCCCCc1ccc(NC(=S)NC(=O)c2ccc(=O)[nH]c2)cc1. The molecule has 0 fully saturated rings. The number of H-pyrrole nitrogens is 1. The molecule has 5 nitrogen and oxygen atoms in total. The van der Waals surface area contributed by atoms with Crippen molar-refractivity contribution in [2.75, 3.05) is 5.32 Å². The Morgan fingerprint density at radius 3 is 2.50 bits per heavy atom. The summed E-state index contributed by atoms with van der Waals surface area (Å²) in [6, 6.07) is 10.7. The first-order chi connectivity index (χ1) is 11.6. The molecular weight excluding hydrogens is 322 g/mol. The minimum absolute atomic E-state index is 0.213. The third kappa shape index (κ3) is 5.62. The molecule has 1 aromatic carbocycles.